The summed E-state index contributed by atoms with van der Waals surface area (Å²) < 4.78 is 14.9. The van der Waals surface area contributed by atoms with Gasteiger partial charge in [-0.25, -0.2) is 9.59 Å². The first-order valence-corrected chi connectivity index (χ1v) is 5.96. The van der Waals surface area contributed by atoms with Crippen LogP contribution in [0.3, 0.4) is 0 Å². The molecule has 1 amide bonds. The molecular formula is C12H21NO5. The molecular weight excluding hydrogens is 238 g/mol. The number of amides is 1. The zero-order valence-electron chi connectivity index (χ0n) is 11.3. The van der Waals surface area contributed by atoms with Crippen LogP contribution in [0.15, 0.2) is 0 Å². The minimum atomic E-state index is -0.689. The molecule has 0 bridgehead atoms. The molecule has 1 rings (SSSR count). The Kier molecular flexibility index (Phi) is 4.95. The summed E-state index contributed by atoms with van der Waals surface area (Å²) in [5.41, 5.74) is -0.299. The molecule has 1 heterocycles. The summed E-state index contributed by atoms with van der Waals surface area (Å²) in [7, 11) is 2.57. The average molecular weight is 259 g/mol. The van der Waals surface area contributed by atoms with Crippen molar-refractivity contribution in [2.75, 3.05) is 20.8 Å². The van der Waals surface area contributed by atoms with E-state index in [1.165, 1.54) is 14.2 Å². The van der Waals surface area contributed by atoms with Gasteiger partial charge in [-0.1, -0.05) is 0 Å². The predicted molar refractivity (Wildman–Crippen MR) is 64.1 cm³/mol. The molecule has 0 radical (unpaired) electrons. The molecule has 0 aromatic carbocycles. The minimum Gasteiger partial charge on any atom is -0.467 e. The highest BCUT2D eigenvalue weighted by atomic mass is 16.5. The highest BCUT2D eigenvalue weighted by Gasteiger charge is 2.38. The minimum absolute atomic E-state index is 0.0136. The van der Waals surface area contributed by atoms with E-state index < -0.39 is 18.1 Å². The van der Waals surface area contributed by atoms with Crippen LogP contribution in [-0.4, -0.2) is 44.5 Å². The molecule has 1 N–H and O–H groups in total. The lowest BCUT2D eigenvalue weighted by Gasteiger charge is -2.38. The lowest BCUT2D eigenvalue weighted by molar-refractivity contribution is -0.147. The van der Waals surface area contributed by atoms with Gasteiger partial charge >= 0.3 is 12.1 Å². The third kappa shape index (κ3) is 3.87. The van der Waals surface area contributed by atoms with Crippen molar-refractivity contribution < 1.29 is 23.8 Å². The summed E-state index contributed by atoms with van der Waals surface area (Å²) in [6, 6.07) is -0.689. The standard InChI is InChI=1S/C12H21NO5/c1-12(2)7-8(5-6-18-12)9(10(14)16-3)13-11(15)17-4/h8-9H,5-7H2,1-4H3,(H,13,15)/t8-,9-/m0/s1. The number of hydrogen-bond acceptors (Lipinski definition) is 5. The molecule has 1 saturated heterocycles. The van der Waals surface area contributed by atoms with Gasteiger partial charge in [0, 0.05) is 6.61 Å². The van der Waals surface area contributed by atoms with Gasteiger partial charge < -0.3 is 19.5 Å². The summed E-state index contributed by atoms with van der Waals surface area (Å²) >= 11 is 0. The van der Waals surface area contributed by atoms with Gasteiger partial charge in [-0.2, -0.15) is 0 Å². The maximum absolute atomic E-state index is 11.7. The normalized spacial score (nSPS) is 23.9. The number of carbonyl (C=O) groups excluding carboxylic acids is 2. The van der Waals surface area contributed by atoms with Crippen LogP contribution in [0.4, 0.5) is 4.79 Å². The zero-order valence-corrected chi connectivity index (χ0v) is 11.3. The van der Waals surface area contributed by atoms with Crippen molar-refractivity contribution >= 4 is 12.1 Å². The van der Waals surface area contributed by atoms with E-state index in [1.54, 1.807) is 0 Å². The third-order valence-corrected chi connectivity index (χ3v) is 3.12. The number of carbonyl (C=O) groups is 2. The van der Waals surface area contributed by atoms with Crippen molar-refractivity contribution in [1.29, 1.82) is 0 Å². The van der Waals surface area contributed by atoms with Crippen LogP contribution in [0, 0.1) is 5.92 Å². The van der Waals surface area contributed by atoms with Gasteiger partial charge in [0.2, 0.25) is 0 Å². The largest absolute Gasteiger partial charge is 0.467 e. The van der Waals surface area contributed by atoms with Gasteiger partial charge in [0.25, 0.3) is 0 Å². The fraction of sp³-hybridized carbons (Fsp3) is 0.833. The van der Waals surface area contributed by atoms with Crippen LogP contribution < -0.4 is 5.32 Å². The molecule has 0 aromatic rings. The van der Waals surface area contributed by atoms with Crippen LogP contribution in [0.2, 0.25) is 0 Å². The topological polar surface area (TPSA) is 73.9 Å². The summed E-state index contributed by atoms with van der Waals surface area (Å²) in [4.78, 5) is 23.0. The third-order valence-electron chi connectivity index (χ3n) is 3.12. The summed E-state index contributed by atoms with van der Waals surface area (Å²) in [5.74, 6) is -0.469. The first-order valence-electron chi connectivity index (χ1n) is 5.96. The molecule has 104 valence electrons. The Bertz CT molecular complexity index is 316. The number of alkyl carbamates (subject to hydrolysis) is 1. The van der Waals surface area contributed by atoms with Gasteiger partial charge in [0.15, 0.2) is 0 Å². The maximum atomic E-state index is 11.7. The van der Waals surface area contributed by atoms with Gasteiger partial charge in [-0.05, 0) is 32.6 Å². The van der Waals surface area contributed by atoms with E-state index in [0.29, 0.717) is 19.4 Å². The van der Waals surface area contributed by atoms with Crippen LogP contribution in [0.25, 0.3) is 0 Å². The van der Waals surface area contributed by atoms with Crippen LogP contribution in [0.1, 0.15) is 26.7 Å². The Morgan fingerprint density at radius 3 is 2.50 bits per heavy atom. The Morgan fingerprint density at radius 1 is 1.33 bits per heavy atom. The Morgan fingerprint density at radius 2 is 2.00 bits per heavy atom. The number of ether oxygens (including phenoxy) is 3. The molecule has 1 fully saturated rings. The summed E-state index contributed by atoms with van der Waals surface area (Å²) in [6.45, 7) is 4.49. The molecule has 6 heteroatoms. The van der Waals surface area contributed by atoms with Crippen LogP contribution in [-0.2, 0) is 19.0 Å². The van der Waals surface area contributed by atoms with Gasteiger partial charge in [0.05, 0.1) is 19.8 Å². The second-order valence-corrected chi connectivity index (χ2v) is 5.00. The van der Waals surface area contributed by atoms with E-state index in [-0.39, 0.29) is 11.5 Å². The highest BCUT2D eigenvalue weighted by molar-refractivity contribution is 5.81. The smallest absolute Gasteiger partial charge is 0.407 e. The average Bonchev–Trinajstić information content (AvgIpc) is 2.33. The molecule has 2 atom stereocenters. The van der Waals surface area contributed by atoms with Crippen molar-refractivity contribution in [3.8, 4) is 0 Å². The van der Waals surface area contributed by atoms with Crippen LogP contribution in [0.5, 0.6) is 0 Å². The highest BCUT2D eigenvalue weighted by Crippen LogP contribution is 2.31. The molecule has 0 spiro atoms. The van der Waals surface area contributed by atoms with Crippen molar-refractivity contribution in [1.82, 2.24) is 5.32 Å². The monoisotopic (exact) mass is 259 g/mol. The summed E-state index contributed by atoms with van der Waals surface area (Å²) in [5, 5.41) is 2.53. The fourth-order valence-corrected chi connectivity index (χ4v) is 2.25. The molecule has 1 aliphatic rings. The lowest BCUT2D eigenvalue weighted by atomic mass is 9.83. The lowest BCUT2D eigenvalue weighted by Crippen LogP contribution is -2.50. The number of rotatable bonds is 3. The van der Waals surface area contributed by atoms with E-state index in [9.17, 15) is 9.59 Å². The van der Waals surface area contributed by atoms with Gasteiger partial charge in [-0.15, -0.1) is 0 Å². The molecule has 0 aromatic heterocycles. The van der Waals surface area contributed by atoms with Crippen LogP contribution >= 0.6 is 0 Å². The molecule has 18 heavy (non-hydrogen) atoms. The number of methoxy groups -OCH3 is 2. The second-order valence-electron chi connectivity index (χ2n) is 5.00. The van der Waals surface area contributed by atoms with E-state index in [2.05, 4.69) is 10.1 Å². The van der Waals surface area contributed by atoms with E-state index in [0.717, 1.165) is 0 Å². The molecule has 0 saturated carbocycles. The van der Waals surface area contributed by atoms with Gasteiger partial charge in [0.1, 0.15) is 6.04 Å². The number of nitrogens with one attached hydrogen (secondary N) is 1. The Labute approximate surface area is 107 Å². The van der Waals surface area contributed by atoms with E-state index in [4.69, 9.17) is 9.47 Å². The molecule has 6 nitrogen and oxygen atoms in total. The predicted octanol–water partition coefficient (Wildman–Crippen LogP) is 1.09. The Hall–Kier alpha value is -1.30. The van der Waals surface area contributed by atoms with Crippen molar-refractivity contribution in [3.05, 3.63) is 0 Å². The van der Waals surface area contributed by atoms with E-state index >= 15 is 0 Å². The first kappa shape index (κ1) is 14.8. The van der Waals surface area contributed by atoms with Gasteiger partial charge in [-0.3, -0.25) is 0 Å². The summed E-state index contributed by atoms with van der Waals surface area (Å²) in [6.07, 6.45) is 0.749. The van der Waals surface area contributed by atoms with Crippen molar-refractivity contribution in [2.24, 2.45) is 5.92 Å². The first-order chi connectivity index (χ1) is 8.39. The number of hydrogen-bond donors (Lipinski definition) is 1. The SMILES string of the molecule is COC(=O)N[C@H](C(=O)OC)[C@H]1CCOC(C)(C)C1. The fourth-order valence-electron chi connectivity index (χ4n) is 2.25. The molecule has 0 aliphatic carbocycles. The molecule has 1 aliphatic heterocycles. The molecule has 0 unspecified atom stereocenters. The second kappa shape index (κ2) is 6.04. The van der Waals surface area contributed by atoms with Crippen molar-refractivity contribution in [3.63, 3.8) is 0 Å². The van der Waals surface area contributed by atoms with E-state index in [1.807, 2.05) is 13.8 Å². The quantitative estimate of drug-likeness (QED) is 0.768. The van der Waals surface area contributed by atoms with Crippen molar-refractivity contribution in [2.45, 2.75) is 38.3 Å². The maximum Gasteiger partial charge on any atom is 0.407 e. The zero-order chi connectivity index (χ0) is 13.8. The Balaban J connectivity index is 2.75. The number of esters is 1.